The Hall–Kier alpha value is -0.0966. The third-order valence-electron chi connectivity index (χ3n) is 0.890. The van der Waals surface area contributed by atoms with Crippen LogP contribution in [-0.4, -0.2) is 4.98 Å². The number of hydrogen-bond donors (Lipinski definition) is 1. The zero-order valence-electron chi connectivity index (χ0n) is 4.93. The van der Waals surface area contributed by atoms with E-state index in [0.717, 1.165) is 5.69 Å². The number of aromatic amines is 1. The first-order chi connectivity index (χ1) is 3.29. The third kappa shape index (κ3) is 1.79. The summed E-state index contributed by atoms with van der Waals surface area (Å²) >= 11 is 0. The molecule has 0 bridgehead atoms. The summed E-state index contributed by atoms with van der Waals surface area (Å²) in [5.41, 5.74) is 2.29. The van der Waals surface area contributed by atoms with Crippen LogP contribution in [-0.2, 0) is 19.5 Å². The Labute approximate surface area is 62.3 Å². The van der Waals surface area contributed by atoms with Crippen LogP contribution in [0.25, 0.3) is 0 Å². The van der Waals surface area contributed by atoms with Crippen molar-refractivity contribution >= 4 is 0 Å². The maximum Gasteiger partial charge on any atom is 1.00 e. The van der Waals surface area contributed by atoms with Crippen LogP contribution in [0.2, 0.25) is 0 Å². The van der Waals surface area contributed by atoms with Crippen molar-refractivity contribution in [1.29, 1.82) is 0 Å². The molecule has 0 aliphatic rings. The first-order valence-electron chi connectivity index (χ1n) is 2.33. The number of rotatable bonds is 0. The molecular formula is C6H8NRu. The van der Waals surface area contributed by atoms with Gasteiger partial charge in [0.25, 0.3) is 0 Å². The van der Waals surface area contributed by atoms with Crippen LogP contribution < -0.4 is 0 Å². The molecule has 8 heavy (non-hydrogen) atoms. The van der Waals surface area contributed by atoms with E-state index in [1.54, 1.807) is 0 Å². The molecule has 1 rings (SSSR count). The molecule has 1 heterocycles. The SMILES string of the molecule is Cc1[c-]cc(C)[nH]1.[Ru+]. The summed E-state index contributed by atoms with van der Waals surface area (Å²) in [7, 11) is 0. The summed E-state index contributed by atoms with van der Waals surface area (Å²) in [5, 5.41) is 0. The molecule has 0 spiro atoms. The van der Waals surface area contributed by atoms with Gasteiger partial charge in [-0.1, -0.05) is 12.6 Å². The first-order valence-corrected chi connectivity index (χ1v) is 2.33. The van der Waals surface area contributed by atoms with Crippen LogP contribution in [0.3, 0.4) is 0 Å². The van der Waals surface area contributed by atoms with E-state index in [0.29, 0.717) is 0 Å². The van der Waals surface area contributed by atoms with Gasteiger partial charge in [0, 0.05) is 0 Å². The maximum absolute atomic E-state index is 3.08. The van der Waals surface area contributed by atoms with Crippen LogP contribution >= 0.6 is 0 Å². The molecule has 0 aromatic carbocycles. The number of hydrogen-bond acceptors (Lipinski definition) is 0. The van der Waals surface area contributed by atoms with Gasteiger partial charge in [0.2, 0.25) is 0 Å². The summed E-state index contributed by atoms with van der Waals surface area (Å²) < 4.78 is 0. The molecule has 1 nitrogen and oxygen atoms in total. The fourth-order valence-corrected chi connectivity index (χ4v) is 0.584. The van der Waals surface area contributed by atoms with E-state index in [4.69, 9.17) is 0 Å². The molecule has 2 heteroatoms. The van der Waals surface area contributed by atoms with Crippen molar-refractivity contribution in [3.8, 4) is 0 Å². The van der Waals surface area contributed by atoms with Crippen LogP contribution in [0.15, 0.2) is 6.07 Å². The second-order valence-electron chi connectivity index (χ2n) is 1.72. The topological polar surface area (TPSA) is 15.8 Å². The molecule has 1 aromatic heterocycles. The minimum absolute atomic E-state index is 0. The second kappa shape index (κ2) is 3.03. The Morgan fingerprint density at radius 2 is 2.12 bits per heavy atom. The Morgan fingerprint density at radius 3 is 2.25 bits per heavy atom. The molecule has 0 atom stereocenters. The molecule has 1 radical (unpaired) electrons. The minimum atomic E-state index is 0. The Morgan fingerprint density at radius 1 is 1.50 bits per heavy atom. The van der Waals surface area contributed by atoms with E-state index >= 15 is 0 Å². The molecule has 0 aliphatic heterocycles. The van der Waals surface area contributed by atoms with Gasteiger partial charge >= 0.3 is 19.5 Å². The monoisotopic (exact) mass is 196 g/mol. The smallest absolute Gasteiger partial charge is 0.456 e. The van der Waals surface area contributed by atoms with Gasteiger partial charge in [0.1, 0.15) is 0 Å². The van der Waals surface area contributed by atoms with E-state index in [9.17, 15) is 0 Å². The molecule has 0 amide bonds. The quantitative estimate of drug-likeness (QED) is 0.476. The van der Waals surface area contributed by atoms with Crippen molar-refractivity contribution in [3.63, 3.8) is 0 Å². The van der Waals surface area contributed by atoms with Gasteiger partial charge in [0.05, 0.1) is 0 Å². The van der Waals surface area contributed by atoms with E-state index in [2.05, 4.69) is 11.1 Å². The number of nitrogens with one attached hydrogen (secondary N) is 1. The van der Waals surface area contributed by atoms with Gasteiger partial charge in [0.15, 0.2) is 0 Å². The predicted octanol–water partition coefficient (Wildman–Crippen LogP) is 1.43. The Bertz CT molecular complexity index is 141. The molecule has 0 saturated carbocycles. The second-order valence-corrected chi connectivity index (χ2v) is 1.72. The molecule has 45 valence electrons. The molecule has 0 unspecified atom stereocenters. The summed E-state index contributed by atoms with van der Waals surface area (Å²) in [6.07, 6.45) is 0. The average molecular weight is 195 g/mol. The minimum Gasteiger partial charge on any atom is -0.456 e. The zero-order chi connectivity index (χ0) is 5.28. The van der Waals surface area contributed by atoms with Gasteiger partial charge in [-0.05, 0) is 6.92 Å². The first kappa shape index (κ1) is 7.90. The summed E-state index contributed by atoms with van der Waals surface area (Å²) in [4.78, 5) is 3.08. The van der Waals surface area contributed by atoms with Crippen LogP contribution in [0.1, 0.15) is 11.4 Å². The van der Waals surface area contributed by atoms with Crippen LogP contribution in [0, 0.1) is 19.9 Å². The number of aromatic nitrogens is 1. The van der Waals surface area contributed by atoms with E-state index < -0.39 is 0 Å². The Balaban J connectivity index is 0.000000490. The fraction of sp³-hybridized carbons (Fsp3) is 0.333. The van der Waals surface area contributed by atoms with Crippen LogP contribution in [0.4, 0.5) is 0 Å². The van der Waals surface area contributed by atoms with E-state index in [1.807, 2.05) is 19.9 Å². The average Bonchev–Trinajstić information content (AvgIpc) is 1.87. The maximum atomic E-state index is 3.08. The van der Waals surface area contributed by atoms with Gasteiger partial charge < -0.3 is 4.98 Å². The molecular weight excluding hydrogens is 187 g/mol. The van der Waals surface area contributed by atoms with E-state index in [-0.39, 0.29) is 19.5 Å². The number of aryl methyl sites for hydroxylation is 2. The van der Waals surface area contributed by atoms with Crippen molar-refractivity contribution in [1.82, 2.24) is 4.98 Å². The molecule has 1 aromatic rings. The van der Waals surface area contributed by atoms with Crippen molar-refractivity contribution in [2.24, 2.45) is 0 Å². The normalized spacial score (nSPS) is 8.25. The van der Waals surface area contributed by atoms with E-state index in [1.165, 1.54) is 5.69 Å². The molecule has 0 aliphatic carbocycles. The van der Waals surface area contributed by atoms with Crippen LogP contribution in [0.5, 0.6) is 0 Å². The molecule has 1 N–H and O–H groups in total. The molecule has 0 fully saturated rings. The predicted molar refractivity (Wildman–Crippen MR) is 29.1 cm³/mol. The Kier molecular flexibility index (Phi) is 3.00. The standard InChI is InChI=1S/C6H8N.Ru/c1-5-3-4-6(2)7-5;/h3,7H,1-2H3;/q-1;+1. The largest absolute Gasteiger partial charge is 1.00 e. The third-order valence-corrected chi connectivity index (χ3v) is 0.890. The fourth-order valence-electron chi connectivity index (χ4n) is 0.584. The summed E-state index contributed by atoms with van der Waals surface area (Å²) in [5.74, 6) is 0. The van der Waals surface area contributed by atoms with Gasteiger partial charge in [-0.15, -0.1) is 5.69 Å². The zero-order valence-corrected chi connectivity index (χ0v) is 6.67. The summed E-state index contributed by atoms with van der Waals surface area (Å²) in [6.45, 7) is 4.01. The van der Waals surface area contributed by atoms with Crippen molar-refractivity contribution < 1.29 is 19.5 Å². The summed E-state index contributed by atoms with van der Waals surface area (Å²) in [6, 6.07) is 4.95. The van der Waals surface area contributed by atoms with Gasteiger partial charge in [-0.3, -0.25) is 0 Å². The van der Waals surface area contributed by atoms with Crippen molar-refractivity contribution in [2.45, 2.75) is 13.8 Å². The van der Waals surface area contributed by atoms with Gasteiger partial charge in [-0.25, -0.2) is 12.1 Å². The van der Waals surface area contributed by atoms with Crippen molar-refractivity contribution in [3.05, 3.63) is 23.5 Å². The molecule has 0 saturated heterocycles. The van der Waals surface area contributed by atoms with Gasteiger partial charge in [-0.2, -0.15) is 0 Å². The van der Waals surface area contributed by atoms with Crippen molar-refractivity contribution in [2.75, 3.05) is 0 Å². The number of H-pyrrole nitrogens is 1.